The molecule has 0 aromatic carbocycles. The van der Waals surface area contributed by atoms with Crippen LogP contribution < -0.4 is 0 Å². The summed E-state index contributed by atoms with van der Waals surface area (Å²) in [7, 11) is -1.61. The molecule has 0 saturated carbocycles. The molecule has 2 nitrogen and oxygen atoms in total. The molecule has 1 heterocycles. The second-order valence-electron chi connectivity index (χ2n) is 3.68. The van der Waals surface area contributed by atoms with E-state index in [0.717, 1.165) is 32.3 Å². The van der Waals surface area contributed by atoms with E-state index in [9.17, 15) is 0 Å². The van der Waals surface area contributed by atoms with Crippen molar-refractivity contribution in [1.29, 1.82) is 0 Å². The van der Waals surface area contributed by atoms with E-state index in [1.165, 1.54) is 0 Å². The lowest BCUT2D eigenvalue weighted by Gasteiger charge is -2.14. The predicted octanol–water partition coefficient (Wildman–Crippen LogP) is 2.38. The van der Waals surface area contributed by atoms with Crippen molar-refractivity contribution in [3.8, 4) is 0 Å². The van der Waals surface area contributed by atoms with Gasteiger partial charge in [0.1, 0.15) is 6.10 Å². The molecular formula is C8H16Cl2O2Si. The van der Waals surface area contributed by atoms with Crippen LogP contribution in [0.2, 0.25) is 12.6 Å². The molecule has 0 aliphatic carbocycles. The molecule has 2 atom stereocenters. The van der Waals surface area contributed by atoms with E-state index in [2.05, 4.69) is 6.55 Å². The second kappa shape index (κ2) is 5.56. The quantitative estimate of drug-likeness (QED) is 0.225. The first-order chi connectivity index (χ1) is 6.14. The first kappa shape index (κ1) is 11.8. The number of rotatable bonds is 7. The number of ether oxygens (including phenoxy) is 2. The van der Waals surface area contributed by atoms with Gasteiger partial charge in [0.05, 0.1) is 13.2 Å². The van der Waals surface area contributed by atoms with Crippen LogP contribution >= 0.6 is 22.7 Å². The topological polar surface area (TPSA) is 21.8 Å². The Balaban J connectivity index is 1.87. The summed E-state index contributed by atoms with van der Waals surface area (Å²) in [5.74, 6) is 0. The van der Waals surface area contributed by atoms with E-state index in [1.54, 1.807) is 0 Å². The lowest BCUT2D eigenvalue weighted by molar-refractivity contribution is 0.117. The molecule has 0 bridgehead atoms. The third kappa shape index (κ3) is 5.91. The van der Waals surface area contributed by atoms with Crippen LogP contribution in [0.15, 0.2) is 0 Å². The van der Waals surface area contributed by atoms with Crippen LogP contribution in [0, 0.1) is 0 Å². The van der Waals surface area contributed by atoms with Crippen molar-refractivity contribution in [2.45, 2.75) is 25.1 Å². The van der Waals surface area contributed by atoms with Crippen LogP contribution in [0.3, 0.4) is 0 Å². The lowest BCUT2D eigenvalue weighted by atomic mass is 10.5. The maximum absolute atomic E-state index is 6.20. The van der Waals surface area contributed by atoms with Gasteiger partial charge in [-0.1, -0.05) is 6.55 Å². The van der Waals surface area contributed by atoms with Gasteiger partial charge in [-0.2, -0.15) is 11.1 Å². The van der Waals surface area contributed by atoms with Crippen LogP contribution in [-0.2, 0) is 9.47 Å². The van der Waals surface area contributed by atoms with Gasteiger partial charge < -0.3 is 9.47 Å². The number of halogens is 2. The van der Waals surface area contributed by atoms with Gasteiger partial charge in [0.15, 0.2) is 7.38 Å². The molecule has 1 aliphatic rings. The van der Waals surface area contributed by atoms with Crippen molar-refractivity contribution in [3.05, 3.63) is 0 Å². The molecular weight excluding hydrogens is 227 g/mol. The molecule has 0 aromatic rings. The molecule has 5 heteroatoms. The molecule has 0 spiro atoms. The van der Waals surface area contributed by atoms with Crippen molar-refractivity contribution in [2.24, 2.45) is 0 Å². The Labute approximate surface area is 90.2 Å². The van der Waals surface area contributed by atoms with Gasteiger partial charge in [0.25, 0.3) is 0 Å². The van der Waals surface area contributed by atoms with Crippen LogP contribution in [-0.4, -0.2) is 38.8 Å². The summed E-state index contributed by atoms with van der Waals surface area (Å²) in [4.78, 5) is 0. The molecule has 0 amide bonds. The molecule has 1 fully saturated rings. The normalized spacial score (nSPS) is 25.6. The van der Waals surface area contributed by atoms with Crippen molar-refractivity contribution < 1.29 is 9.47 Å². The smallest absolute Gasteiger partial charge is 0.168 e. The Morgan fingerprint density at radius 3 is 2.85 bits per heavy atom. The first-order valence-corrected chi connectivity index (χ1v) is 9.04. The van der Waals surface area contributed by atoms with Crippen LogP contribution in [0.25, 0.3) is 0 Å². The zero-order chi connectivity index (χ0) is 9.73. The highest BCUT2D eigenvalue weighted by molar-refractivity contribution is 7.21. The molecule has 1 aliphatic heterocycles. The summed E-state index contributed by atoms with van der Waals surface area (Å²) in [6.07, 6.45) is 1.39. The van der Waals surface area contributed by atoms with Crippen LogP contribution in [0.5, 0.6) is 0 Å². The summed E-state index contributed by atoms with van der Waals surface area (Å²) in [5, 5.41) is 0. The van der Waals surface area contributed by atoms with Crippen LogP contribution in [0.1, 0.15) is 6.42 Å². The lowest BCUT2D eigenvalue weighted by Crippen LogP contribution is -2.25. The highest BCUT2D eigenvalue weighted by Crippen LogP contribution is 2.18. The monoisotopic (exact) mass is 242 g/mol. The molecule has 78 valence electrons. The maximum atomic E-state index is 6.20. The Morgan fingerprint density at radius 1 is 1.62 bits per heavy atom. The fourth-order valence-electron chi connectivity index (χ4n) is 0.989. The molecule has 1 rings (SSSR count). The summed E-state index contributed by atoms with van der Waals surface area (Å²) in [6.45, 7) is 4.47. The number of epoxide rings is 1. The number of hydrogen-bond acceptors (Lipinski definition) is 2. The van der Waals surface area contributed by atoms with Gasteiger partial charge in [-0.3, -0.25) is 0 Å². The van der Waals surface area contributed by atoms with E-state index in [1.807, 2.05) is 0 Å². The third-order valence-electron chi connectivity index (χ3n) is 1.97. The van der Waals surface area contributed by atoms with E-state index in [0.29, 0.717) is 11.6 Å². The molecule has 1 saturated heterocycles. The summed E-state index contributed by atoms with van der Waals surface area (Å²) >= 11 is 11.9. The highest BCUT2D eigenvalue weighted by Gasteiger charge is 2.24. The second-order valence-corrected chi connectivity index (χ2v) is 10.8. The molecule has 0 aromatic heterocycles. The SMILES string of the molecule is C[Si](Cl)(CCl)CCCOCC1CO1. The average molecular weight is 243 g/mol. The number of alkyl halides is 1. The van der Waals surface area contributed by atoms with Gasteiger partial charge in [-0.15, -0.1) is 11.6 Å². The summed E-state index contributed by atoms with van der Waals surface area (Å²) < 4.78 is 10.4. The standard InChI is InChI=1S/C8H16Cl2O2Si/c1-13(10,7-9)4-2-3-11-5-8-6-12-8/h8H,2-7H2,1H3. The first-order valence-electron chi connectivity index (χ1n) is 4.58. The van der Waals surface area contributed by atoms with Gasteiger partial charge >= 0.3 is 0 Å². The Bertz CT molecular complexity index is 151. The largest absolute Gasteiger partial charge is 0.379 e. The molecule has 13 heavy (non-hydrogen) atoms. The van der Waals surface area contributed by atoms with Gasteiger partial charge in [0, 0.05) is 12.1 Å². The molecule has 2 unspecified atom stereocenters. The Morgan fingerprint density at radius 2 is 2.31 bits per heavy atom. The zero-order valence-electron chi connectivity index (χ0n) is 7.89. The van der Waals surface area contributed by atoms with Crippen molar-refractivity contribution in [2.75, 3.05) is 25.3 Å². The third-order valence-corrected chi connectivity index (χ3v) is 7.07. The fourth-order valence-corrected chi connectivity index (χ4v) is 2.81. The van der Waals surface area contributed by atoms with Crippen molar-refractivity contribution in [1.82, 2.24) is 0 Å². The Hall–Kier alpha value is 0.717. The minimum atomic E-state index is -1.61. The van der Waals surface area contributed by atoms with Gasteiger partial charge in [-0.25, -0.2) is 0 Å². The fraction of sp³-hybridized carbons (Fsp3) is 1.00. The van der Waals surface area contributed by atoms with Crippen molar-refractivity contribution in [3.63, 3.8) is 0 Å². The van der Waals surface area contributed by atoms with Gasteiger partial charge in [0.2, 0.25) is 0 Å². The minimum absolute atomic E-state index is 0.368. The predicted molar refractivity (Wildman–Crippen MR) is 58.2 cm³/mol. The minimum Gasteiger partial charge on any atom is -0.379 e. The molecule has 0 N–H and O–H groups in total. The summed E-state index contributed by atoms with van der Waals surface area (Å²) in [6, 6.07) is 1.03. The Kier molecular flexibility index (Phi) is 5.04. The van der Waals surface area contributed by atoms with E-state index >= 15 is 0 Å². The van der Waals surface area contributed by atoms with E-state index < -0.39 is 7.38 Å². The highest BCUT2D eigenvalue weighted by atomic mass is 35.6. The van der Waals surface area contributed by atoms with E-state index in [4.69, 9.17) is 32.2 Å². The van der Waals surface area contributed by atoms with Crippen LogP contribution in [0.4, 0.5) is 0 Å². The van der Waals surface area contributed by atoms with Gasteiger partial charge in [-0.05, 0) is 12.5 Å². The zero-order valence-corrected chi connectivity index (χ0v) is 10.4. The maximum Gasteiger partial charge on any atom is 0.168 e. The number of hydrogen-bond donors (Lipinski definition) is 0. The molecule has 0 radical (unpaired) electrons. The van der Waals surface area contributed by atoms with Crippen molar-refractivity contribution >= 4 is 30.1 Å². The van der Waals surface area contributed by atoms with E-state index in [-0.39, 0.29) is 0 Å². The summed E-state index contributed by atoms with van der Waals surface area (Å²) in [5.41, 5.74) is 0.625. The average Bonchev–Trinajstić information content (AvgIpc) is 2.87.